The van der Waals surface area contributed by atoms with Crippen LogP contribution in [0.15, 0.2) is 36.5 Å². The van der Waals surface area contributed by atoms with Crippen molar-refractivity contribution in [3.63, 3.8) is 0 Å². The summed E-state index contributed by atoms with van der Waals surface area (Å²) in [6.07, 6.45) is 1.68. The minimum Gasteiger partial charge on any atom is -0.478 e. The van der Waals surface area contributed by atoms with Crippen molar-refractivity contribution in [2.24, 2.45) is 0 Å². The molecule has 0 aliphatic heterocycles. The number of hydrogen-bond donors (Lipinski definition) is 2. The molecule has 3 N–H and O–H groups in total. The SMILES string of the molecule is Cc1cnc(N)c(-c2cccc(C(=O)O)c2)c1. The molecule has 0 saturated heterocycles. The van der Waals surface area contributed by atoms with E-state index in [-0.39, 0.29) is 5.56 Å². The summed E-state index contributed by atoms with van der Waals surface area (Å²) in [6, 6.07) is 8.55. The maximum atomic E-state index is 10.9. The first-order valence-electron chi connectivity index (χ1n) is 5.14. The maximum absolute atomic E-state index is 10.9. The first-order valence-corrected chi connectivity index (χ1v) is 5.14. The summed E-state index contributed by atoms with van der Waals surface area (Å²) in [5.41, 5.74) is 8.53. The van der Waals surface area contributed by atoms with Gasteiger partial charge in [-0.05, 0) is 36.2 Å². The molecule has 2 rings (SSSR count). The second-order valence-corrected chi connectivity index (χ2v) is 3.83. The number of rotatable bonds is 2. The van der Waals surface area contributed by atoms with Crippen LogP contribution in [-0.4, -0.2) is 16.1 Å². The summed E-state index contributed by atoms with van der Waals surface area (Å²) in [7, 11) is 0. The van der Waals surface area contributed by atoms with Crippen LogP contribution >= 0.6 is 0 Å². The molecule has 4 nitrogen and oxygen atoms in total. The Kier molecular flexibility index (Phi) is 2.78. The van der Waals surface area contributed by atoms with Gasteiger partial charge in [0.15, 0.2) is 0 Å². The summed E-state index contributed by atoms with van der Waals surface area (Å²) in [4.78, 5) is 14.9. The van der Waals surface area contributed by atoms with Crippen LogP contribution in [0.5, 0.6) is 0 Å². The van der Waals surface area contributed by atoms with E-state index in [4.69, 9.17) is 10.8 Å². The Balaban J connectivity index is 2.56. The van der Waals surface area contributed by atoms with Gasteiger partial charge in [-0.1, -0.05) is 12.1 Å². The molecule has 0 atom stereocenters. The highest BCUT2D eigenvalue weighted by molar-refractivity contribution is 5.90. The second kappa shape index (κ2) is 4.25. The summed E-state index contributed by atoms with van der Waals surface area (Å²) < 4.78 is 0. The molecule has 1 aromatic carbocycles. The molecule has 0 fully saturated rings. The molecule has 0 radical (unpaired) electrons. The number of carbonyl (C=O) groups is 1. The number of nitrogens with zero attached hydrogens (tertiary/aromatic N) is 1. The number of anilines is 1. The van der Waals surface area contributed by atoms with Crippen LogP contribution in [0, 0.1) is 6.92 Å². The second-order valence-electron chi connectivity index (χ2n) is 3.83. The van der Waals surface area contributed by atoms with E-state index in [2.05, 4.69) is 4.98 Å². The third-order valence-corrected chi connectivity index (χ3v) is 2.48. The number of carboxylic acid groups (broad SMARTS) is 1. The van der Waals surface area contributed by atoms with Crippen molar-refractivity contribution in [2.75, 3.05) is 5.73 Å². The van der Waals surface area contributed by atoms with Crippen LogP contribution in [0.1, 0.15) is 15.9 Å². The number of hydrogen-bond acceptors (Lipinski definition) is 3. The van der Waals surface area contributed by atoms with Crippen molar-refractivity contribution >= 4 is 11.8 Å². The van der Waals surface area contributed by atoms with Crippen molar-refractivity contribution < 1.29 is 9.90 Å². The van der Waals surface area contributed by atoms with Gasteiger partial charge in [0.25, 0.3) is 0 Å². The normalized spacial score (nSPS) is 10.2. The molecule has 86 valence electrons. The fraction of sp³-hybridized carbons (Fsp3) is 0.0769. The smallest absolute Gasteiger partial charge is 0.335 e. The average molecular weight is 228 g/mol. The molecule has 4 heteroatoms. The van der Waals surface area contributed by atoms with Gasteiger partial charge in [-0.3, -0.25) is 0 Å². The molecule has 2 aromatic rings. The number of aryl methyl sites for hydroxylation is 1. The summed E-state index contributed by atoms with van der Waals surface area (Å²) in [5.74, 6) is -0.552. The van der Waals surface area contributed by atoms with Gasteiger partial charge in [0.05, 0.1) is 5.56 Å². The van der Waals surface area contributed by atoms with Crippen LogP contribution in [0.3, 0.4) is 0 Å². The van der Waals surface area contributed by atoms with E-state index in [0.717, 1.165) is 16.7 Å². The quantitative estimate of drug-likeness (QED) is 0.827. The fourth-order valence-electron chi connectivity index (χ4n) is 1.63. The van der Waals surface area contributed by atoms with E-state index in [9.17, 15) is 4.79 Å². The van der Waals surface area contributed by atoms with Crippen LogP contribution in [0.25, 0.3) is 11.1 Å². The van der Waals surface area contributed by atoms with Crippen molar-refractivity contribution in [1.29, 1.82) is 0 Å². The number of pyridine rings is 1. The highest BCUT2D eigenvalue weighted by atomic mass is 16.4. The molecule has 1 aromatic heterocycles. The van der Waals surface area contributed by atoms with E-state index in [1.165, 1.54) is 0 Å². The van der Waals surface area contributed by atoms with Gasteiger partial charge in [0.1, 0.15) is 5.82 Å². The Hall–Kier alpha value is -2.36. The van der Waals surface area contributed by atoms with Crippen molar-refractivity contribution in [1.82, 2.24) is 4.98 Å². The molecular formula is C13H12N2O2. The average Bonchev–Trinajstić information content (AvgIpc) is 2.32. The predicted molar refractivity (Wildman–Crippen MR) is 65.8 cm³/mol. The fourth-order valence-corrected chi connectivity index (χ4v) is 1.63. The van der Waals surface area contributed by atoms with Gasteiger partial charge in [0.2, 0.25) is 0 Å². The monoisotopic (exact) mass is 228 g/mol. The maximum Gasteiger partial charge on any atom is 0.335 e. The highest BCUT2D eigenvalue weighted by Gasteiger charge is 2.07. The number of nitrogens with two attached hydrogens (primary N) is 1. The van der Waals surface area contributed by atoms with Gasteiger partial charge >= 0.3 is 5.97 Å². The third-order valence-electron chi connectivity index (χ3n) is 2.48. The Morgan fingerprint density at radius 2 is 2.12 bits per heavy atom. The van der Waals surface area contributed by atoms with Gasteiger partial charge in [-0.25, -0.2) is 9.78 Å². The summed E-state index contributed by atoms with van der Waals surface area (Å²) in [5, 5.41) is 8.93. The zero-order chi connectivity index (χ0) is 12.4. The lowest BCUT2D eigenvalue weighted by Gasteiger charge is -2.06. The summed E-state index contributed by atoms with van der Waals surface area (Å²) in [6.45, 7) is 1.91. The van der Waals surface area contributed by atoms with E-state index in [1.54, 1.807) is 24.4 Å². The van der Waals surface area contributed by atoms with E-state index >= 15 is 0 Å². The third kappa shape index (κ3) is 2.25. The molecule has 0 aliphatic rings. The molecule has 0 bridgehead atoms. The summed E-state index contributed by atoms with van der Waals surface area (Å²) >= 11 is 0. The number of aromatic nitrogens is 1. The number of carboxylic acids is 1. The van der Waals surface area contributed by atoms with Crippen LogP contribution < -0.4 is 5.73 Å². The van der Waals surface area contributed by atoms with Crippen LogP contribution in [0.4, 0.5) is 5.82 Å². The molecule has 0 spiro atoms. The zero-order valence-electron chi connectivity index (χ0n) is 9.34. The zero-order valence-corrected chi connectivity index (χ0v) is 9.34. The van der Waals surface area contributed by atoms with Gasteiger partial charge < -0.3 is 10.8 Å². The van der Waals surface area contributed by atoms with Crippen molar-refractivity contribution in [3.05, 3.63) is 47.7 Å². The number of benzene rings is 1. The first-order chi connectivity index (χ1) is 8.08. The van der Waals surface area contributed by atoms with Gasteiger partial charge in [-0.2, -0.15) is 0 Å². The largest absolute Gasteiger partial charge is 0.478 e. The number of aromatic carboxylic acids is 1. The van der Waals surface area contributed by atoms with Gasteiger partial charge in [-0.15, -0.1) is 0 Å². The van der Waals surface area contributed by atoms with Crippen molar-refractivity contribution in [2.45, 2.75) is 6.92 Å². The molecule has 17 heavy (non-hydrogen) atoms. The topological polar surface area (TPSA) is 76.2 Å². The standard InChI is InChI=1S/C13H12N2O2/c1-8-5-11(12(14)15-7-8)9-3-2-4-10(6-9)13(16)17/h2-7H,1H3,(H2,14,15)(H,16,17). The lowest BCUT2D eigenvalue weighted by Crippen LogP contribution is -1.98. The van der Waals surface area contributed by atoms with E-state index in [0.29, 0.717) is 5.82 Å². The lowest BCUT2D eigenvalue weighted by atomic mass is 10.0. The minimum absolute atomic E-state index is 0.239. The van der Waals surface area contributed by atoms with E-state index < -0.39 is 5.97 Å². The van der Waals surface area contributed by atoms with Gasteiger partial charge in [0, 0.05) is 11.8 Å². The molecule has 0 aliphatic carbocycles. The Morgan fingerprint density at radius 3 is 2.82 bits per heavy atom. The molecule has 1 heterocycles. The number of nitrogen functional groups attached to an aromatic ring is 1. The van der Waals surface area contributed by atoms with Crippen molar-refractivity contribution in [3.8, 4) is 11.1 Å². The molecule has 0 unspecified atom stereocenters. The van der Waals surface area contributed by atoms with E-state index in [1.807, 2.05) is 19.1 Å². The highest BCUT2D eigenvalue weighted by Crippen LogP contribution is 2.25. The first kappa shape index (κ1) is 11.1. The van der Waals surface area contributed by atoms with Crippen LogP contribution in [-0.2, 0) is 0 Å². The minimum atomic E-state index is -0.953. The van der Waals surface area contributed by atoms with Crippen LogP contribution in [0.2, 0.25) is 0 Å². The Morgan fingerprint density at radius 1 is 1.35 bits per heavy atom. The molecule has 0 saturated carbocycles. The lowest BCUT2D eigenvalue weighted by molar-refractivity contribution is 0.0697. The molecule has 0 amide bonds. The molecular weight excluding hydrogens is 216 g/mol. The Labute approximate surface area is 98.7 Å². The predicted octanol–water partition coefficient (Wildman–Crippen LogP) is 2.34. The Bertz CT molecular complexity index is 579.